The number of rotatable bonds is 2. The van der Waals surface area contributed by atoms with E-state index in [1.807, 2.05) is 0 Å². The minimum Gasteiger partial charge on any atom is -0.506 e. The number of aromatic hydroxyl groups is 2. The molecular weight excluding hydrogens is 390 g/mol. The number of carbonyl (C=O) groups is 1. The third-order valence-corrected chi connectivity index (χ3v) is 4.32. The molecule has 1 aromatic carbocycles. The summed E-state index contributed by atoms with van der Waals surface area (Å²) < 4.78 is 0.490. The second-order valence-corrected chi connectivity index (χ2v) is 5.77. The van der Waals surface area contributed by atoms with E-state index in [2.05, 4.69) is 36.8 Å². The van der Waals surface area contributed by atoms with Gasteiger partial charge in [-0.1, -0.05) is 0 Å². The number of hydrogen-bond acceptors (Lipinski definition) is 5. The molecule has 1 heterocycles. The second-order valence-electron chi connectivity index (χ2n) is 3.26. The molecule has 0 fully saturated rings. The Morgan fingerprint density at radius 3 is 2.50 bits per heavy atom. The number of aromatic nitrogens is 1. The van der Waals surface area contributed by atoms with Crippen molar-refractivity contribution < 1.29 is 20.1 Å². The third kappa shape index (κ3) is 2.23. The summed E-state index contributed by atoms with van der Waals surface area (Å²) in [6, 6.07) is 1.47. The number of phenols is 2. The highest BCUT2D eigenvalue weighted by Gasteiger charge is 2.18. The first-order valence-corrected chi connectivity index (χ1v) is 6.97. The number of benzene rings is 1. The van der Waals surface area contributed by atoms with Gasteiger partial charge in [-0.3, -0.25) is 0 Å². The molecule has 0 saturated heterocycles. The molecule has 1 aromatic heterocycles. The van der Waals surface area contributed by atoms with Gasteiger partial charge in [0, 0.05) is 10.9 Å². The quantitative estimate of drug-likeness (QED) is 0.725. The van der Waals surface area contributed by atoms with Crippen LogP contribution in [0.5, 0.6) is 11.5 Å². The Morgan fingerprint density at radius 1 is 1.28 bits per heavy atom. The van der Waals surface area contributed by atoms with E-state index in [0.717, 1.165) is 11.3 Å². The van der Waals surface area contributed by atoms with Gasteiger partial charge in [0.2, 0.25) is 5.01 Å². The molecule has 0 aliphatic carbocycles. The summed E-state index contributed by atoms with van der Waals surface area (Å²) in [4.78, 5) is 14.6. The maximum atomic E-state index is 10.7. The van der Waals surface area contributed by atoms with Gasteiger partial charge in [-0.15, -0.1) is 11.3 Å². The Kier molecular flexibility index (Phi) is 3.60. The Hall–Kier alpha value is -1.12. The fourth-order valence-electron chi connectivity index (χ4n) is 1.29. The summed E-state index contributed by atoms with van der Waals surface area (Å²) in [7, 11) is 0. The van der Waals surface area contributed by atoms with Gasteiger partial charge >= 0.3 is 5.97 Å². The molecule has 0 atom stereocenters. The smallest absolute Gasteiger partial charge is 0.365 e. The first kappa shape index (κ1) is 13.3. The number of nitrogens with zero attached hydrogens (tertiary/aromatic N) is 1. The number of aromatic carboxylic acids is 1. The molecular formula is C10H5Br2NO4S. The molecule has 5 nitrogen and oxygen atoms in total. The monoisotopic (exact) mass is 393 g/mol. The SMILES string of the molecule is O=C(O)c1nc(-c2cc(Br)c(O)c(Br)c2O)cs1. The highest BCUT2D eigenvalue weighted by molar-refractivity contribution is 9.11. The van der Waals surface area contributed by atoms with E-state index < -0.39 is 5.97 Å². The van der Waals surface area contributed by atoms with Gasteiger partial charge in [-0.05, 0) is 37.9 Å². The lowest BCUT2D eigenvalue weighted by Crippen LogP contribution is -1.94. The Bertz CT molecular complexity index is 641. The Labute approximate surface area is 122 Å². The van der Waals surface area contributed by atoms with Gasteiger partial charge in [0.15, 0.2) is 0 Å². The zero-order chi connectivity index (χ0) is 13.4. The van der Waals surface area contributed by atoms with Crippen molar-refractivity contribution in [1.82, 2.24) is 4.98 Å². The van der Waals surface area contributed by atoms with Crippen molar-refractivity contribution in [1.29, 1.82) is 0 Å². The van der Waals surface area contributed by atoms with E-state index in [1.54, 1.807) is 0 Å². The number of phenolic OH excluding ortho intramolecular Hbond substituents is 2. The number of halogens is 2. The van der Waals surface area contributed by atoms with E-state index >= 15 is 0 Å². The first-order chi connectivity index (χ1) is 8.41. The maximum absolute atomic E-state index is 10.7. The van der Waals surface area contributed by atoms with Crippen molar-refractivity contribution in [2.24, 2.45) is 0 Å². The van der Waals surface area contributed by atoms with Gasteiger partial charge in [0.05, 0.1) is 10.2 Å². The van der Waals surface area contributed by atoms with Crippen molar-refractivity contribution in [3.05, 3.63) is 25.4 Å². The van der Waals surface area contributed by atoms with Crippen LogP contribution < -0.4 is 0 Å². The summed E-state index contributed by atoms with van der Waals surface area (Å²) >= 11 is 7.14. The average Bonchev–Trinajstić information content (AvgIpc) is 2.80. The van der Waals surface area contributed by atoms with Crippen LogP contribution in [0.2, 0.25) is 0 Å². The number of carboxylic acid groups (broad SMARTS) is 1. The lowest BCUT2D eigenvalue weighted by molar-refractivity contribution is 0.0696. The fourth-order valence-corrected chi connectivity index (χ4v) is 3.06. The molecule has 2 aromatic rings. The predicted octanol–water partition coefficient (Wildman–Crippen LogP) is 3.44. The van der Waals surface area contributed by atoms with Crippen LogP contribution in [0.25, 0.3) is 11.3 Å². The fraction of sp³-hybridized carbons (Fsp3) is 0. The first-order valence-electron chi connectivity index (χ1n) is 4.51. The van der Waals surface area contributed by atoms with Gasteiger partial charge in [0.1, 0.15) is 16.0 Å². The molecule has 0 spiro atoms. The van der Waals surface area contributed by atoms with Gasteiger partial charge in [0.25, 0.3) is 0 Å². The maximum Gasteiger partial charge on any atom is 0.365 e. The van der Waals surface area contributed by atoms with E-state index in [9.17, 15) is 15.0 Å². The largest absolute Gasteiger partial charge is 0.506 e. The number of hydrogen-bond donors (Lipinski definition) is 3. The summed E-state index contributed by atoms with van der Waals surface area (Å²) in [5, 5.41) is 29.7. The standard InChI is InChI=1S/C10H5Br2NO4S/c11-4-1-3(7(14)6(12)8(4)15)5-2-18-9(13-5)10(16)17/h1-2,14-15H,(H,16,17). The minimum atomic E-state index is -1.12. The van der Waals surface area contributed by atoms with Crippen LogP contribution in [0, 0.1) is 0 Å². The van der Waals surface area contributed by atoms with Crippen LogP contribution in [0.15, 0.2) is 20.4 Å². The zero-order valence-electron chi connectivity index (χ0n) is 8.52. The molecule has 2 rings (SSSR count). The van der Waals surface area contributed by atoms with Crippen LogP contribution in [0.4, 0.5) is 0 Å². The van der Waals surface area contributed by atoms with Crippen LogP contribution in [0.3, 0.4) is 0 Å². The molecule has 0 aliphatic heterocycles. The summed E-state index contributed by atoms with van der Waals surface area (Å²) in [5.41, 5.74) is 0.659. The molecule has 0 amide bonds. The molecule has 8 heteroatoms. The number of carboxylic acids is 1. The van der Waals surface area contributed by atoms with Gasteiger partial charge < -0.3 is 15.3 Å². The minimum absolute atomic E-state index is 0.0651. The van der Waals surface area contributed by atoms with E-state index in [-0.39, 0.29) is 21.0 Å². The van der Waals surface area contributed by atoms with E-state index in [0.29, 0.717) is 15.7 Å². The molecule has 0 unspecified atom stereocenters. The average molecular weight is 395 g/mol. The van der Waals surface area contributed by atoms with Crippen LogP contribution in [-0.4, -0.2) is 26.3 Å². The predicted molar refractivity (Wildman–Crippen MR) is 73.2 cm³/mol. The van der Waals surface area contributed by atoms with Crippen molar-refractivity contribution in [3.63, 3.8) is 0 Å². The van der Waals surface area contributed by atoms with E-state index in [4.69, 9.17) is 5.11 Å². The van der Waals surface area contributed by atoms with Gasteiger partial charge in [-0.2, -0.15) is 0 Å². The summed E-state index contributed by atoms with van der Waals surface area (Å²) in [6.45, 7) is 0. The molecule has 94 valence electrons. The highest BCUT2D eigenvalue weighted by atomic mass is 79.9. The van der Waals surface area contributed by atoms with Gasteiger partial charge in [-0.25, -0.2) is 9.78 Å². The highest BCUT2D eigenvalue weighted by Crippen LogP contribution is 2.45. The molecule has 0 saturated carbocycles. The molecule has 0 aliphatic rings. The van der Waals surface area contributed by atoms with Crippen molar-refractivity contribution in [3.8, 4) is 22.8 Å². The lowest BCUT2D eigenvalue weighted by atomic mass is 10.1. The molecule has 18 heavy (non-hydrogen) atoms. The number of thiazole rings is 1. The summed E-state index contributed by atoms with van der Waals surface area (Å²) in [5.74, 6) is -1.45. The third-order valence-electron chi connectivity index (χ3n) is 2.13. The topological polar surface area (TPSA) is 90.7 Å². The van der Waals surface area contributed by atoms with Crippen molar-refractivity contribution in [2.75, 3.05) is 0 Å². The second kappa shape index (κ2) is 4.87. The Balaban J connectivity index is 2.60. The van der Waals surface area contributed by atoms with Crippen molar-refractivity contribution in [2.45, 2.75) is 0 Å². The molecule has 0 bridgehead atoms. The lowest BCUT2D eigenvalue weighted by Gasteiger charge is -2.07. The van der Waals surface area contributed by atoms with Crippen LogP contribution in [0.1, 0.15) is 9.80 Å². The van der Waals surface area contributed by atoms with Crippen LogP contribution in [-0.2, 0) is 0 Å². The Morgan fingerprint density at radius 2 is 1.94 bits per heavy atom. The van der Waals surface area contributed by atoms with E-state index in [1.165, 1.54) is 11.4 Å². The zero-order valence-corrected chi connectivity index (χ0v) is 12.5. The van der Waals surface area contributed by atoms with Crippen LogP contribution >= 0.6 is 43.2 Å². The normalized spacial score (nSPS) is 10.6. The summed E-state index contributed by atoms with van der Waals surface area (Å²) in [6.07, 6.45) is 0. The molecule has 3 N–H and O–H groups in total. The molecule has 0 radical (unpaired) electrons. The van der Waals surface area contributed by atoms with Crippen molar-refractivity contribution >= 4 is 49.2 Å².